The standard InChI is InChI=1S/C19H30O6/c1-4-11(21)7-5-6-8-12-13(10-20)16-19(17(25-19)15(12)23)9-14(22)18(2,3)24-16/h6,8,11,14-17,20-23H,4-5,7,9-10H2,1-3H3/t11?,14-,15+,16-,17-,19+/m0/s1. The topological polar surface area (TPSA) is 103 Å². The number of hydrogen-bond acceptors (Lipinski definition) is 6. The van der Waals surface area contributed by atoms with Gasteiger partial charge < -0.3 is 29.9 Å². The molecule has 2 heterocycles. The second kappa shape index (κ2) is 6.76. The van der Waals surface area contributed by atoms with Gasteiger partial charge in [-0.3, -0.25) is 0 Å². The molecular formula is C19H30O6. The maximum atomic E-state index is 10.7. The molecule has 0 aromatic rings. The smallest absolute Gasteiger partial charge is 0.130 e. The molecule has 1 aliphatic carbocycles. The number of aliphatic hydroxyl groups is 4. The second-order valence-electron chi connectivity index (χ2n) is 7.94. The molecule has 0 aromatic heterocycles. The summed E-state index contributed by atoms with van der Waals surface area (Å²) in [5.41, 5.74) is -0.227. The maximum Gasteiger partial charge on any atom is 0.130 e. The molecular weight excluding hydrogens is 324 g/mol. The molecule has 2 saturated heterocycles. The minimum absolute atomic E-state index is 0.233. The Morgan fingerprint density at radius 1 is 1.28 bits per heavy atom. The van der Waals surface area contributed by atoms with E-state index in [1.165, 1.54) is 0 Å². The quantitative estimate of drug-likeness (QED) is 0.527. The summed E-state index contributed by atoms with van der Waals surface area (Å²) in [6.07, 6.45) is 3.43. The van der Waals surface area contributed by atoms with Crippen molar-refractivity contribution in [2.45, 2.75) is 88.2 Å². The van der Waals surface area contributed by atoms with E-state index in [0.717, 1.165) is 0 Å². The van der Waals surface area contributed by atoms with Crippen LogP contribution in [0.25, 0.3) is 0 Å². The fourth-order valence-electron chi connectivity index (χ4n) is 4.00. The third kappa shape index (κ3) is 3.20. The van der Waals surface area contributed by atoms with Crippen molar-refractivity contribution in [3.8, 4) is 0 Å². The minimum atomic E-state index is -0.845. The Bertz CT molecular complexity index is 568. The second-order valence-corrected chi connectivity index (χ2v) is 7.94. The van der Waals surface area contributed by atoms with Crippen LogP contribution in [-0.4, -0.2) is 68.8 Å². The molecule has 3 aliphatic rings. The van der Waals surface area contributed by atoms with Crippen molar-refractivity contribution >= 4 is 0 Å². The van der Waals surface area contributed by atoms with Crippen molar-refractivity contribution in [2.24, 2.45) is 0 Å². The molecule has 0 bridgehead atoms. The molecule has 2 fully saturated rings. The number of hydrogen-bond donors (Lipinski definition) is 4. The Hall–Kier alpha value is -0.760. The molecule has 2 aliphatic heterocycles. The predicted molar refractivity (Wildman–Crippen MR) is 92.0 cm³/mol. The van der Waals surface area contributed by atoms with Gasteiger partial charge in [-0.1, -0.05) is 19.1 Å². The largest absolute Gasteiger partial charge is 0.393 e. The molecule has 6 heteroatoms. The lowest BCUT2D eigenvalue weighted by atomic mass is 9.73. The van der Waals surface area contributed by atoms with Crippen LogP contribution in [0.1, 0.15) is 46.5 Å². The van der Waals surface area contributed by atoms with Crippen LogP contribution >= 0.6 is 0 Å². The van der Waals surface area contributed by atoms with Gasteiger partial charge in [0.05, 0.1) is 24.4 Å². The van der Waals surface area contributed by atoms with Crippen LogP contribution < -0.4 is 0 Å². The maximum absolute atomic E-state index is 10.7. The third-order valence-corrected chi connectivity index (χ3v) is 5.85. The SMILES string of the molecule is CCC(O)CCC=CC1=C(CO)[C@@H]2OC(C)(C)[C@@H](O)C[C@@]23O[C@H]3[C@@H]1O. The van der Waals surface area contributed by atoms with Crippen LogP contribution in [0.4, 0.5) is 0 Å². The first-order valence-corrected chi connectivity index (χ1v) is 9.17. The molecule has 3 rings (SSSR count). The summed E-state index contributed by atoms with van der Waals surface area (Å²) in [6, 6.07) is 0. The lowest BCUT2D eigenvalue weighted by molar-refractivity contribution is -0.190. The first-order valence-electron chi connectivity index (χ1n) is 9.17. The molecule has 0 saturated carbocycles. The number of aliphatic hydroxyl groups excluding tert-OH is 4. The highest BCUT2D eigenvalue weighted by atomic mass is 16.7. The number of allylic oxidation sites excluding steroid dienone is 1. The zero-order chi connectivity index (χ0) is 18.4. The first kappa shape index (κ1) is 19.0. The summed E-state index contributed by atoms with van der Waals surface area (Å²) in [4.78, 5) is 0. The van der Waals surface area contributed by atoms with E-state index in [2.05, 4.69) is 0 Å². The zero-order valence-corrected chi connectivity index (χ0v) is 15.2. The Morgan fingerprint density at radius 3 is 2.64 bits per heavy atom. The molecule has 1 unspecified atom stereocenters. The van der Waals surface area contributed by atoms with Crippen LogP contribution in [0.3, 0.4) is 0 Å². The van der Waals surface area contributed by atoms with Gasteiger partial charge in [0.2, 0.25) is 0 Å². The average molecular weight is 354 g/mol. The van der Waals surface area contributed by atoms with E-state index >= 15 is 0 Å². The van der Waals surface area contributed by atoms with Crippen LogP contribution in [-0.2, 0) is 9.47 Å². The third-order valence-electron chi connectivity index (χ3n) is 5.85. The molecule has 25 heavy (non-hydrogen) atoms. The Labute approximate surface area is 148 Å². The van der Waals surface area contributed by atoms with E-state index < -0.39 is 35.6 Å². The van der Waals surface area contributed by atoms with E-state index in [1.54, 1.807) is 0 Å². The zero-order valence-electron chi connectivity index (χ0n) is 15.2. The van der Waals surface area contributed by atoms with Crippen molar-refractivity contribution in [1.29, 1.82) is 0 Å². The summed E-state index contributed by atoms with van der Waals surface area (Å²) in [5, 5.41) is 40.5. The molecule has 142 valence electrons. The molecule has 0 aromatic carbocycles. The summed E-state index contributed by atoms with van der Waals surface area (Å²) < 4.78 is 11.9. The predicted octanol–water partition coefficient (Wildman–Crippen LogP) is 0.823. The number of rotatable bonds is 6. The number of epoxide rings is 1. The van der Waals surface area contributed by atoms with Crippen molar-refractivity contribution in [3.63, 3.8) is 0 Å². The van der Waals surface area contributed by atoms with Gasteiger partial charge in [-0.15, -0.1) is 0 Å². The van der Waals surface area contributed by atoms with Crippen LogP contribution in [0, 0.1) is 0 Å². The monoisotopic (exact) mass is 354 g/mol. The molecule has 4 N–H and O–H groups in total. The molecule has 6 atom stereocenters. The first-order chi connectivity index (χ1) is 11.8. The van der Waals surface area contributed by atoms with Crippen molar-refractivity contribution in [1.82, 2.24) is 0 Å². The highest BCUT2D eigenvalue weighted by Crippen LogP contribution is 2.57. The summed E-state index contributed by atoms with van der Waals surface area (Å²) in [6.45, 7) is 5.35. The van der Waals surface area contributed by atoms with Crippen molar-refractivity contribution in [3.05, 3.63) is 23.3 Å². The van der Waals surface area contributed by atoms with Gasteiger partial charge in [0.1, 0.15) is 23.9 Å². The van der Waals surface area contributed by atoms with Crippen LogP contribution in [0.5, 0.6) is 0 Å². The van der Waals surface area contributed by atoms with Gasteiger partial charge in [0.25, 0.3) is 0 Å². The fourth-order valence-corrected chi connectivity index (χ4v) is 4.00. The lowest BCUT2D eigenvalue weighted by Crippen LogP contribution is -2.59. The van der Waals surface area contributed by atoms with Gasteiger partial charge >= 0.3 is 0 Å². The van der Waals surface area contributed by atoms with E-state index in [1.807, 2.05) is 32.9 Å². The highest BCUT2D eigenvalue weighted by Gasteiger charge is 2.72. The molecule has 6 nitrogen and oxygen atoms in total. The van der Waals surface area contributed by atoms with Crippen molar-refractivity contribution < 1.29 is 29.9 Å². The van der Waals surface area contributed by atoms with Crippen molar-refractivity contribution in [2.75, 3.05) is 6.61 Å². The van der Waals surface area contributed by atoms with Gasteiger partial charge in [0, 0.05) is 6.42 Å². The Kier molecular flexibility index (Phi) is 5.14. The lowest BCUT2D eigenvalue weighted by Gasteiger charge is -2.46. The van der Waals surface area contributed by atoms with E-state index in [-0.39, 0.29) is 12.7 Å². The van der Waals surface area contributed by atoms with E-state index in [4.69, 9.17) is 9.47 Å². The summed E-state index contributed by atoms with van der Waals surface area (Å²) in [7, 11) is 0. The van der Waals surface area contributed by atoms with Gasteiger partial charge in [0.15, 0.2) is 0 Å². The molecule has 0 radical (unpaired) electrons. The van der Waals surface area contributed by atoms with Gasteiger partial charge in [-0.25, -0.2) is 0 Å². The van der Waals surface area contributed by atoms with E-state index in [0.29, 0.717) is 36.8 Å². The fraction of sp³-hybridized carbons (Fsp3) is 0.789. The Balaban J connectivity index is 1.83. The highest BCUT2D eigenvalue weighted by molar-refractivity contribution is 5.44. The van der Waals surface area contributed by atoms with Gasteiger partial charge in [-0.2, -0.15) is 0 Å². The number of ether oxygens (including phenoxy) is 2. The molecule has 1 spiro atoms. The minimum Gasteiger partial charge on any atom is -0.393 e. The average Bonchev–Trinajstić information content (AvgIpc) is 3.29. The normalized spacial score (nSPS) is 40.8. The van der Waals surface area contributed by atoms with E-state index in [9.17, 15) is 20.4 Å². The van der Waals surface area contributed by atoms with Crippen LogP contribution in [0.15, 0.2) is 23.3 Å². The van der Waals surface area contributed by atoms with Crippen LogP contribution in [0.2, 0.25) is 0 Å². The Morgan fingerprint density at radius 2 is 2.00 bits per heavy atom. The molecule has 0 amide bonds. The van der Waals surface area contributed by atoms with Gasteiger partial charge in [-0.05, 0) is 44.3 Å². The summed E-state index contributed by atoms with van der Waals surface area (Å²) >= 11 is 0. The summed E-state index contributed by atoms with van der Waals surface area (Å²) in [5.74, 6) is 0.